The molecule has 12 rings (SSSR count). The Morgan fingerprint density at radius 1 is 0.262 bits per heavy atom. The molecule has 0 bridgehead atoms. The first kappa shape index (κ1) is 34.8. The Bertz CT molecular complexity index is 3480. The Morgan fingerprint density at radius 2 is 0.639 bits per heavy atom. The fourth-order valence-electron chi connectivity index (χ4n) is 8.99. The molecule has 0 unspecified atom stereocenters. The molecule has 10 aromatic carbocycles. The second-order valence-electron chi connectivity index (χ2n) is 15.7. The fraction of sp³-hybridized carbons (Fsp3) is 0. The summed E-state index contributed by atoms with van der Waals surface area (Å²) < 4.78 is 2.51. The van der Waals surface area contributed by atoms with Crippen molar-refractivity contribution in [1.29, 1.82) is 0 Å². The van der Waals surface area contributed by atoms with Crippen molar-refractivity contribution < 1.29 is 0 Å². The van der Waals surface area contributed by atoms with E-state index in [0.717, 1.165) is 55.7 Å². The van der Waals surface area contributed by atoms with E-state index in [0.29, 0.717) is 17.5 Å². The first-order valence-electron chi connectivity index (χ1n) is 20.7. The van der Waals surface area contributed by atoms with Gasteiger partial charge in [-0.2, -0.15) is 0 Å². The summed E-state index contributed by atoms with van der Waals surface area (Å²) in [6, 6.07) is 78.0. The van der Waals surface area contributed by atoms with Crippen molar-refractivity contribution in [3.05, 3.63) is 218 Å². The second-order valence-corrected chi connectivity index (χ2v) is 15.7. The number of aromatic nitrogens is 4. The average molecular weight is 777 g/mol. The number of hydrogen-bond donors (Lipinski definition) is 0. The van der Waals surface area contributed by atoms with E-state index in [2.05, 4.69) is 187 Å². The molecule has 61 heavy (non-hydrogen) atoms. The van der Waals surface area contributed by atoms with Crippen LogP contribution in [-0.4, -0.2) is 19.5 Å². The van der Waals surface area contributed by atoms with Crippen molar-refractivity contribution in [3.8, 4) is 62.1 Å². The van der Waals surface area contributed by atoms with Crippen molar-refractivity contribution in [2.75, 3.05) is 0 Å². The van der Waals surface area contributed by atoms with Crippen LogP contribution in [0.5, 0.6) is 0 Å². The molecule has 0 spiro atoms. The summed E-state index contributed by atoms with van der Waals surface area (Å²) in [5, 5.41) is 9.62. The van der Waals surface area contributed by atoms with E-state index in [1.54, 1.807) is 0 Å². The van der Waals surface area contributed by atoms with Crippen LogP contribution in [-0.2, 0) is 0 Å². The van der Waals surface area contributed by atoms with Gasteiger partial charge in [-0.3, -0.25) is 0 Å². The first-order valence-corrected chi connectivity index (χ1v) is 20.7. The minimum absolute atomic E-state index is 0.609. The summed E-state index contributed by atoms with van der Waals surface area (Å²) in [5.74, 6) is 1.86. The van der Waals surface area contributed by atoms with Gasteiger partial charge in [0.25, 0.3) is 0 Å². The molecule has 0 fully saturated rings. The third-order valence-corrected chi connectivity index (χ3v) is 11.9. The predicted octanol–water partition coefficient (Wildman–Crippen LogP) is 14.8. The Kier molecular flexibility index (Phi) is 8.13. The molecule has 12 aromatic rings. The lowest BCUT2D eigenvalue weighted by molar-refractivity contribution is 1.07. The molecule has 0 saturated carbocycles. The Balaban J connectivity index is 1.24. The van der Waals surface area contributed by atoms with Crippen LogP contribution < -0.4 is 0 Å². The van der Waals surface area contributed by atoms with Gasteiger partial charge in [0.05, 0.1) is 16.7 Å². The summed E-state index contributed by atoms with van der Waals surface area (Å²) in [7, 11) is 0. The van der Waals surface area contributed by atoms with Gasteiger partial charge in [-0.05, 0) is 85.9 Å². The van der Waals surface area contributed by atoms with Gasteiger partial charge in [0.2, 0.25) is 0 Å². The quantitative estimate of drug-likeness (QED) is 0.169. The van der Waals surface area contributed by atoms with E-state index in [1.807, 2.05) is 36.4 Å². The highest BCUT2D eigenvalue weighted by molar-refractivity contribution is 6.17. The van der Waals surface area contributed by atoms with Crippen LogP contribution in [0.15, 0.2) is 218 Å². The van der Waals surface area contributed by atoms with Gasteiger partial charge in [-0.15, -0.1) is 0 Å². The Morgan fingerprint density at radius 3 is 1.13 bits per heavy atom. The second kappa shape index (κ2) is 14.3. The summed E-state index contributed by atoms with van der Waals surface area (Å²) in [5.41, 5.74) is 10.5. The summed E-state index contributed by atoms with van der Waals surface area (Å²) in [4.78, 5) is 15.5. The highest BCUT2D eigenvalue weighted by Gasteiger charge is 2.24. The van der Waals surface area contributed by atoms with Gasteiger partial charge in [0, 0.05) is 38.6 Å². The minimum Gasteiger partial charge on any atom is -0.308 e. The molecule has 2 heterocycles. The van der Waals surface area contributed by atoms with Crippen LogP contribution in [0.3, 0.4) is 0 Å². The molecule has 0 radical (unpaired) electrons. The number of benzene rings is 10. The minimum atomic E-state index is 0.609. The average Bonchev–Trinajstić information content (AvgIpc) is 3.63. The van der Waals surface area contributed by atoms with Crippen molar-refractivity contribution >= 4 is 54.1 Å². The van der Waals surface area contributed by atoms with Crippen LogP contribution in [0.2, 0.25) is 0 Å². The zero-order valence-corrected chi connectivity index (χ0v) is 33.1. The Hall–Kier alpha value is -8.21. The molecule has 4 nitrogen and oxygen atoms in total. The van der Waals surface area contributed by atoms with Crippen LogP contribution in [0.4, 0.5) is 0 Å². The highest BCUT2D eigenvalue weighted by Crippen LogP contribution is 2.45. The van der Waals surface area contributed by atoms with Crippen molar-refractivity contribution in [2.24, 2.45) is 0 Å². The molecule has 0 aliphatic carbocycles. The molecule has 0 atom stereocenters. The maximum Gasteiger partial charge on any atom is 0.164 e. The molecule has 0 N–H and O–H groups in total. The van der Waals surface area contributed by atoms with E-state index in [9.17, 15) is 0 Å². The molecular weight excluding hydrogens is 741 g/mol. The van der Waals surface area contributed by atoms with Crippen LogP contribution in [0.25, 0.3) is 116 Å². The normalized spacial score (nSPS) is 11.6. The van der Waals surface area contributed by atoms with Gasteiger partial charge in [-0.25, -0.2) is 15.0 Å². The lowest BCUT2D eigenvalue weighted by Crippen LogP contribution is -2.04. The molecule has 4 heteroatoms. The van der Waals surface area contributed by atoms with Gasteiger partial charge in [-0.1, -0.05) is 176 Å². The van der Waals surface area contributed by atoms with E-state index >= 15 is 0 Å². The lowest BCUT2D eigenvalue weighted by Gasteiger charge is -2.21. The van der Waals surface area contributed by atoms with Crippen LogP contribution in [0.1, 0.15) is 0 Å². The third-order valence-electron chi connectivity index (χ3n) is 11.9. The highest BCUT2D eigenvalue weighted by atomic mass is 15.0. The van der Waals surface area contributed by atoms with Crippen molar-refractivity contribution in [1.82, 2.24) is 19.5 Å². The molecule has 0 amide bonds. The molecular formula is C57H36N4. The lowest BCUT2D eigenvalue weighted by atomic mass is 9.91. The molecule has 2 aromatic heterocycles. The van der Waals surface area contributed by atoms with E-state index in [-0.39, 0.29) is 0 Å². The number of hydrogen-bond acceptors (Lipinski definition) is 3. The zero-order valence-electron chi connectivity index (χ0n) is 33.1. The SMILES string of the molecule is c1ccc(-c2nc(-c3ccccc3)nc(-c3cc(-c4ccccc4)c(-n4c5cc6ccccc6cc5c5cc6ccccc6cc54)c(-c4ccc5ccccc5c4)c3)n2)cc1. The van der Waals surface area contributed by atoms with Gasteiger partial charge >= 0.3 is 0 Å². The topological polar surface area (TPSA) is 43.6 Å². The molecule has 0 aliphatic heterocycles. The van der Waals surface area contributed by atoms with Gasteiger partial charge in [0.15, 0.2) is 17.5 Å². The van der Waals surface area contributed by atoms with Crippen LogP contribution in [0, 0.1) is 0 Å². The zero-order chi connectivity index (χ0) is 40.3. The van der Waals surface area contributed by atoms with E-state index in [1.165, 1.54) is 43.1 Å². The van der Waals surface area contributed by atoms with E-state index in [4.69, 9.17) is 15.0 Å². The molecule has 284 valence electrons. The smallest absolute Gasteiger partial charge is 0.164 e. The maximum absolute atomic E-state index is 5.25. The van der Waals surface area contributed by atoms with Crippen LogP contribution >= 0.6 is 0 Å². The molecule has 0 aliphatic rings. The summed E-state index contributed by atoms with van der Waals surface area (Å²) in [6.45, 7) is 0. The number of nitrogens with zero attached hydrogens (tertiary/aromatic N) is 4. The maximum atomic E-state index is 5.25. The summed E-state index contributed by atoms with van der Waals surface area (Å²) in [6.07, 6.45) is 0. The number of rotatable bonds is 6. The largest absolute Gasteiger partial charge is 0.308 e. The van der Waals surface area contributed by atoms with Crippen molar-refractivity contribution in [2.45, 2.75) is 0 Å². The third kappa shape index (κ3) is 6.04. The van der Waals surface area contributed by atoms with Gasteiger partial charge < -0.3 is 4.57 Å². The van der Waals surface area contributed by atoms with Crippen molar-refractivity contribution in [3.63, 3.8) is 0 Å². The molecule has 0 saturated heterocycles. The first-order chi connectivity index (χ1) is 30.2. The Labute approximate surface area is 352 Å². The van der Waals surface area contributed by atoms with Gasteiger partial charge in [0.1, 0.15) is 0 Å². The predicted molar refractivity (Wildman–Crippen MR) is 254 cm³/mol. The standard InChI is InChI=1S/C57H36N4/c1-4-17-38(18-5-1)48-33-47(57-59-55(39-19-6-2-7-20-39)58-56(60-57)40-21-8-3-9-22-40)34-49(46-29-28-37-16-10-11-23-41(37)30-46)54(48)61-52-35-44-26-14-12-24-42(44)31-50(52)51-32-43-25-13-15-27-45(43)36-53(51)61/h1-36H. The number of fused-ring (bicyclic) bond motifs is 6. The summed E-state index contributed by atoms with van der Waals surface area (Å²) >= 11 is 0. The fourth-order valence-corrected chi connectivity index (χ4v) is 8.99. The monoisotopic (exact) mass is 776 g/mol. The van der Waals surface area contributed by atoms with E-state index < -0.39 is 0 Å².